The molecule has 0 amide bonds. The third kappa shape index (κ3) is 3.64. The maximum Gasteiger partial charge on any atom is 0.0578 e. The Morgan fingerprint density at radius 1 is 1.04 bits per heavy atom. The van der Waals surface area contributed by atoms with E-state index in [0.29, 0.717) is 5.92 Å². The molecule has 4 aliphatic rings. The van der Waals surface area contributed by atoms with Crippen LogP contribution in [0.2, 0.25) is 0 Å². The van der Waals surface area contributed by atoms with Crippen LogP contribution in [0.3, 0.4) is 0 Å². The Balaban J connectivity index is 1.49. The van der Waals surface area contributed by atoms with Crippen molar-refractivity contribution in [2.45, 2.75) is 107 Å². The average Bonchev–Trinajstić information content (AvgIpc) is 2.99. The highest BCUT2D eigenvalue weighted by Crippen LogP contribution is 2.65. The SMILES string of the molecule is CC(C)CCC[C@@H](C)C1CC[C@H]2[C@H]3CC=C4CC(O)CCC4(S)[C@H]3CCC12S. The fourth-order valence-electron chi connectivity index (χ4n) is 7.76. The van der Waals surface area contributed by atoms with E-state index in [9.17, 15) is 5.11 Å². The zero-order valence-corrected chi connectivity index (χ0v) is 20.0. The van der Waals surface area contributed by atoms with E-state index in [1.165, 1.54) is 56.9 Å². The summed E-state index contributed by atoms with van der Waals surface area (Å²) in [4.78, 5) is 0. The van der Waals surface area contributed by atoms with E-state index in [4.69, 9.17) is 25.3 Å². The highest BCUT2D eigenvalue weighted by atomic mass is 32.1. The number of allylic oxidation sites excluding steroid dienone is 1. The summed E-state index contributed by atoms with van der Waals surface area (Å²) in [7, 11) is 0. The van der Waals surface area contributed by atoms with E-state index in [1.54, 1.807) is 0 Å². The Kier molecular flexibility index (Phi) is 6.30. The van der Waals surface area contributed by atoms with Gasteiger partial charge < -0.3 is 5.11 Å². The fourth-order valence-corrected chi connectivity index (χ4v) is 9.23. The molecule has 3 fully saturated rings. The highest BCUT2D eigenvalue weighted by Gasteiger charge is 2.60. The number of thiol groups is 2. The maximum atomic E-state index is 10.2. The van der Waals surface area contributed by atoms with Gasteiger partial charge >= 0.3 is 0 Å². The number of rotatable bonds is 5. The molecule has 3 heteroatoms. The minimum atomic E-state index is -0.141. The predicted molar refractivity (Wildman–Crippen MR) is 126 cm³/mol. The largest absolute Gasteiger partial charge is 0.393 e. The first kappa shape index (κ1) is 21.6. The summed E-state index contributed by atoms with van der Waals surface area (Å²) >= 11 is 10.8. The smallest absolute Gasteiger partial charge is 0.0578 e. The van der Waals surface area contributed by atoms with Gasteiger partial charge in [-0.05, 0) is 86.9 Å². The van der Waals surface area contributed by atoms with Gasteiger partial charge in [-0.15, -0.1) is 0 Å². The van der Waals surface area contributed by atoms with Gasteiger partial charge in [0.1, 0.15) is 0 Å². The molecule has 0 aromatic rings. The Morgan fingerprint density at radius 3 is 2.57 bits per heavy atom. The summed E-state index contributed by atoms with van der Waals surface area (Å²) in [6.45, 7) is 7.21. The molecule has 1 nitrogen and oxygen atoms in total. The molecular formula is C25H42OS2. The van der Waals surface area contributed by atoms with Crippen LogP contribution >= 0.6 is 25.3 Å². The van der Waals surface area contributed by atoms with Gasteiger partial charge in [-0.25, -0.2) is 0 Å². The molecule has 0 spiro atoms. The maximum absolute atomic E-state index is 10.2. The van der Waals surface area contributed by atoms with Crippen LogP contribution in [0, 0.1) is 35.5 Å². The van der Waals surface area contributed by atoms with Crippen LogP contribution in [0.15, 0.2) is 11.6 Å². The van der Waals surface area contributed by atoms with E-state index in [2.05, 4.69) is 26.8 Å². The number of hydrogen-bond donors (Lipinski definition) is 3. The molecule has 4 unspecified atom stereocenters. The van der Waals surface area contributed by atoms with Gasteiger partial charge in [0.25, 0.3) is 0 Å². The van der Waals surface area contributed by atoms with Crippen LogP contribution < -0.4 is 0 Å². The monoisotopic (exact) mass is 422 g/mol. The standard InChI is InChI=1S/C25H42OS2/c1-16(2)5-4-6-17(3)21-9-10-22-20-8-7-18-15-19(26)11-13-24(18,27)23(20)12-14-25(21,22)28/h7,16-17,19-23,26-28H,4-6,8-15H2,1-3H3/t17-,19?,20-,21?,22+,23+,24?,25?/m1/s1. The van der Waals surface area contributed by atoms with Gasteiger partial charge in [0.05, 0.1) is 6.10 Å². The number of fused-ring (bicyclic) bond motifs is 5. The van der Waals surface area contributed by atoms with Crippen LogP contribution in [0.5, 0.6) is 0 Å². The first-order chi connectivity index (χ1) is 13.3. The van der Waals surface area contributed by atoms with Gasteiger partial charge in [-0.3, -0.25) is 0 Å². The zero-order chi connectivity index (χ0) is 20.1. The Hall–Kier alpha value is 0.400. The van der Waals surface area contributed by atoms with Gasteiger partial charge in [0.15, 0.2) is 0 Å². The summed E-state index contributed by atoms with van der Waals surface area (Å²) < 4.78 is 0.306. The van der Waals surface area contributed by atoms with Crippen LogP contribution in [0.1, 0.15) is 91.4 Å². The van der Waals surface area contributed by atoms with Gasteiger partial charge in [-0.1, -0.05) is 51.7 Å². The molecule has 0 saturated heterocycles. The fraction of sp³-hybridized carbons (Fsp3) is 0.920. The second-order valence-corrected chi connectivity index (χ2v) is 12.8. The van der Waals surface area contributed by atoms with Crippen molar-refractivity contribution in [2.24, 2.45) is 35.5 Å². The third-order valence-electron chi connectivity index (χ3n) is 9.21. The van der Waals surface area contributed by atoms with Crippen molar-refractivity contribution < 1.29 is 5.11 Å². The van der Waals surface area contributed by atoms with Crippen LogP contribution in [0.4, 0.5) is 0 Å². The summed E-state index contributed by atoms with van der Waals surface area (Å²) in [5, 5.41) is 10.2. The highest BCUT2D eigenvalue weighted by molar-refractivity contribution is 7.82. The molecule has 0 aromatic carbocycles. The van der Waals surface area contributed by atoms with Crippen molar-refractivity contribution in [1.82, 2.24) is 0 Å². The molecule has 4 rings (SSSR count). The van der Waals surface area contributed by atoms with Crippen LogP contribution in [0.25, 0.3) is 0 Å². The predicted octanol–water partition coefficient (Wildman–Crippen LogP) is 6.71. The topological polar surface area (TPSA) is 20.2 Å². The molecular weight excluding hydrogens is 380 g/mol. The third-order valence-corrected chi connectivity index (χ3v) is 10.9. The molecule has 0 heterocycles. The number of aliphatic hydroxyl groups excluding tert-OH is 1. The molecule has 0 bridgehead atoms. The molecule has 8 atom stereocenters. The molecule has 0 aliphatic heterocycles. The number of aliphatic hydroxyl groups is 1. The first-order valence-electron chi connectivity index (χ1n) is 12.1. The van der Waals surface area contributed by atoms with Crippen molar-refractivity contribution in [2.75, 3.05) is 0 Å². The van der Waals surface area contributed by atoms with Crippen LogP contribution in [-0.4, -0.2) is 20.7 Å². The van der Waals surface area contributed by atoms with Crippen LogP contribution in [-0.2, 0) is 0 Å². The van der Waals surface area contributed by atoms with Gasteiger partial charge in [-0.2, -0.15) is 25.3 Å². The van der Waals surface area contributed by atoms with E-state index < -0.39 is 0 Å². The van der Waals surface area contributed by atoms with E-state index >= 15 is 0 Å². The Labute approximate surface area is 184 Å². The Bertz CT molecular complexity index is 601. The first-order valence-corrected chi connectivity index (χ1v) is 13.0. The molecule has 4 aliphatic carbocycles. The molecule has 0 radical (unpaired) electrons. The lowest BCUT2D eigenvalue weighted by Crippen LogP contribution is -2.54. The van der Waals surface area contributed by atoms with Crippen molar-refractivity contribution in [3.05, 3.63) is 11.6 Å². The molecule has 160 valence electrons. The minimum absolute atomic E-state index is 0.0538. The molecule has 28 heavy (non-hydrogen) atoms. The lowest BCUT2D eigenvalue weighted by atomic mass is 9.55. The van der Waals surface area contributed by atoms with Gasteiger partial charge in [0.2, 0.25) is 0 Å². The normalized spacial score (nSPS) is 46.5. The Morgan fingerprint density at radius 2 is 1.82 bits per heavy atom. The molecule has 1 N–H and O–H groups in total. The summed E-state index contributed by atoms with van der Waals surface area (Å²) in [6.07, 6.45) is 15.8. The second-order valence-electron chi connectivity index (χ2n) is 11.2. The van der Waals surface area contributed by atoms with Crippen molar-refractivity contribution >= 4 is 25.3 Å². The summed E-state index contributed by atoms with van der Waals surface area (Å²) in [6, 6.07) is 0. The zero-order valence-electron chi connectivity index (χ0n) is 18.2. The summed E-state index contributed by atoms with van der Waals surface area (Å²) in [5.74, 6) is 4.65. The average molecular weight is 423 g/mol. The lowest BCUT2D eigenvalue weighted by Gasteiger charge is -2.57. The molecule has 3 saturated carbocycles. The van der Waals surface area contributed by atoms with E-state index in [1.807, 2.05) is 0 Å². The van der Waals surface area contributed by atoms with Crippen molar-refractivity contribution in [3.63, 3.8) is 0 Å². The summed E-state index contributed by atoms with van der Waals surface area (Å²) in [5.41, 5.74) is 1.46. The van der Waals surface area contributed by atoms with E-state index in [0.717, 1.165) is 48.9 Å². The number of hydrogen-bond acceptors (Lipinski definition) is 3. The second kappa shape index (κ2) is 8.15. The van der Waals surface area contributed by atoms with E-state index in [-0.39, 0.29) is 15.6 Å². The van der Waals surface area contributed by atoms with Gasteiger partial charge in [0, 0.05) is 9.49 Å². The van der Waals surface area contributed by atoms with Crippen molar-refractivity contribution in [1.29, 1.82) is 0 Å². The quantitative estimate of drug-likeness (QED) is 0.332. The lowest BCUT2D eigenvalue weighted by molar-refractivity contribution is 0.0559. The van der Waals surface area contributed by atoms with Crippen molar-refractivity contribution in [3.8, 4) is 0 Å². The minimum Gasteiger partial charge on any atom is -0.393 e. The molecule has 0 aromatic heterocycles.